The van der Waals surface area contributed by atoms with E-state index < -0.39 is 7.60 Å². The molecule has 1 atom stereocenters. The van der Waals surface area contributed by atoms with Gasteiger partial charge in [0.05, 0.1) is 12.3 Å². The molecule has 96 valence electrons. The Hall–Kier alpha value is 0.110. The Kier molecular flexibility index (Phi) is 3.91. The Morgan fingerprint density at radius 1 is 1.31 bits per heavy atom. The van der Waals surface area contributed by atoms with Crippen LogP contribution in [-0.2, 0) is 9.09 Å². The van der Waals surface area contributed by atoms with Crippen molar-refractivity contribution in [2.75, 3.05) is 6.61 Å². The Morgan fingerprint density at radius 2 is 1.75 bits per heavy atom. The van der Waals surface area contributed by atoms with Gasteiger partial charge >= 0.3 is 7.60 Å². The zero-order valence-electron chi connectivity index (χ0n) is 10.9. The standard InChI is InChI=1S/C11H24NO3P/c1-6-15-16(13,14)9-7-10(2,3)12-11(4,5)8-9/h9,12H,6-8H2,1-5H3,(H,13,14). The number of rotatable bonds is 3. The van der Waals surface area contributed by atoms with E-state index in [0.717, 1.165) is 0 Å². The van der Waals surface area contributed by atoms with Crippen LogP contribution in [0.4, 0.5) is 0 Å². The lowest BCUT2D eigenvalue weighted by Gasteiger charge is -2.46. The molecule has 1 saturated heterocycles. The fraction of sp³-hybridized carbons (Fsp3) is 1.00. The van der Waals surface area contributed by atoms with E-state index in [4.69, 9.17) is 4.52 Å². The second kappa shape index (κ2) is 4.41. The molecule has 0 aromatic heterocycles. The molecule has 1 aliphatic heterocycles. The van der Waals surface area contributed by atoms with Crippen LogP contribution in [0.5, 0.6) is 0 Å². The molecule has 2 N–H and O–H groups in total. The first kappa shape index (κ1) is 14.2. The van der Waals surface area contributed by atoms with Gasteiger partial charge in [-0.05, 0) is 47.5 Å². The highest BCUT2D eigenvalue weighted by Crippen LogP contribution is 2.54. The van der Waals surface area contributed by atoms with E-state index in [0.29, 0.717) is 19.4 Å². The van der Waals surface area contributed by atoms with Crippen molar-refractivity contribution in [3.05, 3.63) is 0 Å². The lowest BCUT2D eigenvalue weighted by Crippen LogP contribution is -2.59. The zero-order valence-corrected chi connectivity index (χ0v) is 11.8. The van der Waals surface area contributed by atoms with Crippen LogP contribution >= 0.6 is 7.60 Å². The van der Waals surface area contributed by atoms with Gasteiger partial charge in [-0.1, -0.05) is 0 Å². The van der Waals surface area contributed by atoms with Gasteiger partial charge in [0, 0.05) is 11.1 Å². The van der Waals surface area contributed by atoms with Crippen LogP contribution in [0, 0.1) is 0 Å². The van der Waals surface area contributed by atoms with Gasteiger partial charge in [0.15, 0.2) is 0 Å². The molecular weight excluding hydrogens is 225 g/mol. The quantitative estimate of drug-likeness (QED) is 0.754. The molecule has 0 aromatic carbocycles. The molecule has 1 aliphatic rings. The van der Waals surface area contributed by atoms with Gasteiger partial charge in [0.1, 0.15) is 0 Å². The van der Waals surface area contributed by atoms with Crippen LogP contribution in [0.25, 0.3) is 0 Å². The average Bonchev–Trinajstić information content (AvgIpc) is 1.97. The molecule has 0 aromatic rings. The maximum absolute atomic E-state index is 12.1. The van der Waals surface area contributed by atoms with Crippen LogP contribution in [0.15, 0.2) is 0 Å². The van der Waals surface area contributed by atoms with Crippen LogP contribution in [0.1, 0.15) is 47.5 Å². The minimum absolute atomic E-state index is 0.123. The van der Waals surface area contributed by atoms with Crippen molar-refractivity contribution in [3.8, 4) is 0 Å². The summed E-state index contributed by atoms with van der Waals surface area (Å²) >= 11 is 0. The summed E-state index contributed by atoms with van der Waals surface area (Å²) in [4.78, 5) is 9.91. The minimum Gasteiger partial charge on any atom is -0.324 e. The number of nitrogens with one attached hydrogen (secondary N) is 1. The summed E-state index contributed by atoms with van der Waals surface area (Å²) in [5, 5.41) is 3.49. The summed E-state index contributed by atoms with van der Waals surface area (Å²) in [6.45, 7) is 10.3. The van der Waals surface area contributed by atoms with E-state index in [2.05, 4.69) is 33.0 Å². The van der Waals surface area contributed by atoms with Crippen molar-refractivity contribution < 1.29 is 14.0 Å². The number of hydrogen-bond acceptors (Lipinski definition) is 3. The molecule has 1 fully saturated rings. The van der Waals surface area contributed by atoms with Crippen LogP contribution < -0.4 is 5.32 Å². The molecule has 0 saturated carbocycles. The predicted octanol–water partition coefficient (Wildman–Crippen LogP) is 2.52. The van der Waals surface area contributed by atoms with Crippen LogP contribution in [0.3, 0.4) is 0 Å². The van der Waals surface area contributed by atoms with Crippen LogP contribution in [-0.4, -0.2) is 28.2 Å². The maximum atomic E-state index is 12.1. The van der Waals surface area contributed by atoms with Crippen molar-refractivity contribution in [3.63, 3.8) is 0 Å². The lowest BCUT2D eigenvalue weighted by molar-refractivity contribution is 0.163. The highest BCUT2D eigenvalue weighted by molar-refractivity contribution is 7.53. The van der Waals surface area contributed by atoms with Crippen molar-refractivity contribution in [2.24, 2.45) is 0 Å². The number of hydrogen-bond donors (Lipinski definition) is 2. The van der Waals surface area contributed by atoms with Gasteiger partial charge in [0.25, 0.3) is 0 Å². The second-order valence-electron chi connectivity index (χ2n) is 5.94. The van der Waals surface area contributed by atoms with Gasteiger partial charge in [-0.15, -0.1) is 0 Å². The molecule has 0 bridgehead atoms. The lowest BCUT2D eigenvalue weighted by atomic mass is 9.82. The average molecular weight is 249 g/mol. The Balaban J connectivity index is 2.86. The normalized spacial score (nSPS) is 28.6. The van der Waals surface area contributed by atoms with E-state index >= 15 is 0 Å². The van der Waals surface area contributed by atoms with Crippen molar-refractivity contribution >= 4 is 7.60 Å². The summed E-state index contributed by atoms with van der Waals surface area (Å²) in [6, 6.07) is 0. The van der Waals surface area contributed by atoms with Crippen LogP contribution in [0.2, 0.25) is 0 Å². The molecule has 0 radical (unpaired) electrons. The van der Waals surface area contributed by atoms with Crippen molar-refractivity contribution in [1.29, 1.82) is 0 Å². The molecule has 0 aliphatic carbocycles. The summed E-state index contributed by atoms with van der Waals surface area (Å²) in [5.74, 6) is 0. The van der Waals surface area contributed by atoms with Crippen molar-refractivity contribution in [1.82, 2.24) is 5.32 Å². The molecule has 1 unspecified atom stereocenters. The SMILES string of the molecule is CCOP(=O)(O)C1CC(C)(C)NC(C)(C)C1. The molecule has 16 heavy (non-hydrogen) atoms. The van der Waals surface area contributed by atoms with E-state index in [-0.39, 0.29) is 16.7 Å². The summed E-state index contributed by atoms with van der Waals surface area (Å²) in [7, 11) is -3.47. The first-order valence-electron chi connectivity index (χ1n) is 5.84. The summed E-state index contributed by atoms with van der Waals surface area (Å²) in [5.41, 5.74) is -0.511. The smallest absolute Gasteiger partial charge is 0.324 e. The number of piperidine rings is 1. The summed E-state index contributed by atoms with van der Waals surface area (Å²) < 4.78 is 17.1. The Morgan fingerprint density at radius 3 is 2.12 bits per heavy atom. The Bertz CT molecular complexity index is 286. The summed E-state index contributed by atoms with van der Waals surface area (Å²) in [6.07, 6.45) is 1.34. The molecular formula is C11H24NO3P. The van der Waals surface area contributed by atoms with E-state index in [1.54, 1.807) is 6.92 Å². The Labute approximate surface area is 98.3 Å². The monoisotopic (exact) mass is 249 g/mol. The third-order valence-corrected chi connectivity index (χ3v) is 4.86. The molecule has 4 nitrogen and oxygen atoms in total. The van der Waals surface area contributed by atoms with Gasteiger partial charge in [-0.25, -0.2) is 0 Å². The second-order valence-corrected chi connectivity index (χ2v) is 8.05. The van der Waals surface area contributed by atoms with Gasteiger partial charge in [0.2, 0.25) is 0 Å². The highest BCUT2D eigenvalue weighted by Gasteiger charge is 2.45. The van der Waals surface area contributed by atoms with Gasteiger partial charge in [-0.2, -0.15) is 0 Å². The fourth-order valence-electron chi connectivity index (χ4n) is 2.79. The predicted molar refractivity (Wildman–Crippen MR) is 65.8 cm³/mol. The van der Waals surface area contributed by atoms with Crippen molar-refractivity contribution in [2.45, 2.75) is 64.2 Å². The maximum Gasteiger partial charge on any atom is 0.331 e. The largest absolute Gasteiger partial charge is 0.331 e. The first-order chi connectivity index (χ1) is 7.08. The molecule has 1 heterocycles. The van der Waals surface area contributed by atoms with Gasteiger partial charge in [-0.3, -0.25) is 4.57 Å². The fourth-order valence-corrected chi connectivity index (χ4v) is 4.74. The minimum atomic E-state index is -3.47. The topological polar surface area (TPSA) is 58.6 Å². The van der Waals surface area contributed by atoms with Gasteiger partial charge < -0.3 is 14.7 Å². The molecule has 1 rings (SSSR count). The highest BCUT2D eigenvalue weighted by atomic mass is 31.2. The third kappa shape index (κ3) is 3.56. The zero-order chi connectivity index (χ0) is 12.6. The first-order valence-corrected chi connectivity index (χ1v) is 7.49. The third-order valence-electron chi connectivity index (χ3n) is 2.94. The van der Waals surface area contributed by atoms with E-state index in [1.807, 2.05) is 0 Å². The molecule has 0 spiro atoms. The molecule has 5 heteroatoms. The van der Waals surface area contributed by atoms with E-state index in [9.17, 15) is 9.46 Å². The van der Waals surface area contributed by atoms with E-state index in [1.165, 1.54) is 0 Å². The molecule has 0 amide bonds.